The molecule has 2 aromatic rings. The van der Waals surface area contributed by atoms with Crippen molar-refractivity contribution in [1.82, 2.24) is 0 Å². The molecule has 2 rings (SSSR count). The summed E-state index contributed by atoms with van der Waals surface area (Å²) in [6.45, 7) is 2.26. The summed E-state index contributed by atoms with van der Waals surface area (Å²) in [5.74, 6) is -0.637. The maximum Gasteiger partial charge on any atom is 0.295 e. The SMILES string of the molecule is Cc1ccc(CNc2c(F)cccc2[N+](=O)[O-])c(Br)c1. The van der Waals surface area contributed by atoms with E-state index in [1.165, 1.54) is 18.2 Å². The van der Waals surface area contributed by atoms with Crippen LogP contribution in [0.1, 0.15) is 11.1 Å². The van der Waals surface area contributed by atoms with E-state index < -0.39 is 10.7 Å². The minimum atomic E-state index is -0.637. The van der Waals surface area contributed by atoms with E-state index in [1.54, 1.807) is 0 Å². The minimum Gasteiger partial charge on any atom is -0.373 e. The Balaban J connectivity index is 2.25. The number of aryl methyl sites for hydroxylation is 1. The Morgan fingerprint density at radius 1 is 1.35 bits per heavy atom. The Hall–Kier alpha value is -1.95. The number of nitrogens with zero attached hydrogens (tertiary/aromatic N) is 1. The fourth-order valence-corrected chi connectivity index (χ4v) is 2.45. The average Bonchev–Trinajstić information content (AvgIpc) is 2.38. The van der Waals surface area contributed by atoms with Crippen LogP contribution in [0.2, 0.25) is 0 Å². The summed E-state index contributed by atoms with van der Waals surface area (Å²) >= 11 is 3.42. The van der Waals surface area contributed by atoms with Crippen LogP contribution in [0.15, 0.2) is 40.9 Å². The number of nitro groups is 1. The molecule has 0 saturated heterocycles. The van der Waals surface area contributed by atoms with E-state index in [2.05, 4.69) is 21.2 Å². The van der Waals surface area contributed by atoms with E-state index in [0.717, 1.165) is 15.6 Å². The molecule has 0 aliphatic heterocycles. The summed E-state index contributed by atoms with van der Waals surface area (Å²) < 4.78 is 14.6. The lowest BCUT2D eigenvalue weighted by atomic mass is 10.1. The first-order chi connectivity index (χ1) is 9.49. The van der Waals surface area contributed by atoms with Gasteiger partial charge in [0.15, 0.2) is 5.82 Å². The number of rotatable bonds is 4. The number of nitrogens with one attached hydrogen (secondary N) is 1. The fourth-order valence-electron chi connectivity index (χ4n) is 1.82. The molecule has 0 fully saturated rings. The molecule has 4 nitrogen and oxygen atoms in total. The van der Waals surface area contributed by atoms with Crippen molar-refractivity contribution < 1.29 is 9.31 Å². The zero-order chi connectivity index (χ0) is 14.7. The van der Waals surface area contributed by atoms with Gasteiger partial charge in [0.25, 0.3) is 5.69 Å². The quantitative estimate of drug-likeness (QED) is 0.663. The van der Waals surface area contributed by atoms with Crippen molar-refractivity contribution in [1.29, 1.82) is 0 Å². The molecule has 0 spiro atoms. The van der Waals surface area contributed by atoms with E-state index >= 15 is 0 Å². The van der Waals surface area contributed by atoms with Gasteiger partial charge in [0.05, 0.1) is 4.92 Å². The zero-order valence-corrected chi connectivity index (χ0v) is 12.3. The maximum absolute atomic E-state index is 13.7. The molecule has 20 heavy (non-hydrogen) atoms. The van der Waals surface area contributed by atoms with Gasteiger partial charge in [-0.2, -0.15) is 0 Å². The summed E-state index contributed by atoms with van der Waals surface area (Å²) in [4.78, 5) is 10.3. The van der Waals surface area contributed by atoms with Crippen LogP contribution in [0.25, 0.3) is 0 Å². The second kappa shape index (κ2) is 6.00. The van der Waals surface area contributed by atoms with Crippen molar-refractivity contribution in [3.05, 3.63) is 67.9 Å². The third-order valence-corrected chi connectivity index (χ3v) is 3.59. The van der Waals surface area contributed by atoms with Crippen molar-refractivity contribution in [3.8, 4) is 0 Å². The number of nitro benzene ring substituents is 1. The minimum absolute atomic E-state index is 0.0926. The Bertz CT molecular complexity index is 662. The third-order valence-electron chi connectivity index (χ3n) is 2.85. The summed E-state index contributed by atoms with van der Waals surface area (Å²) in [5.41, 5.74) is 1.63. The second-order valence-corrected chi connectivity index (χ2v) is 5.19. The molecule has 104 valence electrons. The highest BCUT2D eigenvalue weighted by Gasteiger charge is 2.17. The first kappa shape index (κ1) is 14.5. The molecule has 2 aromatic carbocycles. The molecule has 0 heterocycles. The van der Waals surface area contributed by atoms with E-state index in [-0.39, 0.29) is 11.4 Å². The van der Waals surface area contributed by atoms with Gasteiger partial charge in [0.1, 0.15) is 5.69 Å². The van der Waals surface area contributed by atoms with Crippen LogP contribution in [0.3, 0.4) is 0 Å². The van der Waals surface area contributed by atoms with E-state index in [0.29, 0.717) is 6.54 Å². The maximum atomic E-state index is 13.7. The Morgan fingerprint density at radius 3 is 2.75 bits per heavy atom. The number of halogens is 2. The number of hydrogen-bond donors (Lipinski definition) is 1. The number of benzene rings is 2. The Labute approximate surface area is 123 Å². The molecule has 0 amide bonds. The number of hydrogen-bond acceptors (Lipinski definition) is 3. The van der Waals surface area contributed by atoms with Gasteiger partial charge in [0, 0.05) is 17.1 Å². The summed E-state index contributed by atoms with van der Waals surface area (Å²) in [7, 11) is 0. The predicted molar refractivity (Wildman–Crippen MR) is 79.3 cm³/mol. The lowest BCUT2D eigenvalue weighted by Gasteiger charge is -2.10. The molecule has 1 N–H and O–H groups in total. The Morgan fingerprint density at radius 2 is 2.10 bits per heavy atom. The van der Waals surface area contributed by atoms with Crippen molar-refractivity contribution in [2.75, 3.05) is 5.32 Å². The first-order valence-electron chi connectivity index (χ1n) is 5.91. The summed E-state index contributed by atoms with van der Waals surface area (Å²) in [5, 5.41) is 13.7. The van der Waals surface area contributed by atoms with Crippen LogP contribution in [0.4, 0.5) is 15.8 Å². The van der Waals surface area contributed by atoms with Gasteiger partial charge in [-0.15, -0.1) is 0 Å². The lowest BCUT2D eigenvalue weighted by molar-refractivity contribution is -0.384. The van der Waals surface area contributed by atoms with Gasteiger partial charge in [-0.05, 0) is 30.2 Å². The fraction of sp³-hybridized carbons (Fsp3) is 0.143. The Kier molecular flexibility index (Phi) is 4.34. The molecular weight excluding hydrogens is 327 g/mol. The lowest BCUT2D eigenvalue weighted by Crippen LogP contribution is -2.05. The third kappa shape index (κ3) is 3.14. The zero-order valence-electron chi connectivity index (χ0n) is 10.7. The van der Waals surface area contributed by atoms with Gasteiger partial charge in [-0.25, -0.2) is 4.39 Å². The van der Waals surface area contributed by atoms with Gasteiger partial charge in [0.2, 0.25) is 0 Å². The van der Waals surface area contributed by atoms with Gasteiger partial charge in [-0.1, -0.05) is 34.1 Å². The highest BCUT2D eigenvalue weighted by Crippen LogP contribution is 2.28. The molecule has 0 aliphatic rings. The molecule has 0 aromatic heterocycles. The smallest absolute Gasteiger partial charge is 0.295 e. The molecule has 0 unspecified atom stereocenters. The van der Waals surface area contributed by atoms with Crippen LogP contribution < -0.4 is 5.32 Å². The standard InChI is InChI=1S/C14H12BrFN2O2/c1-9-5-6-10(11(15)7-9)8-17-14-12(16)3-2-4-13(14)18(19)20/h2-7,17H,8H2,1H3. The highest BCUT2D eigenvalue weighted by molar-refractivity contribution is 9.10. The highest BCUT2D eigenvalue weighted by atomic mass is 79.9. The monoisotopic (exact) mass is 338 g/mol. The van der Waals surface area contributed by atoms with Gasteiger partial charge >= 0.3 is 0 Å². The molecule has 0 bridgehead atoms. The molecule has 0 saturated carbocycles. The van der Waals surface area contributed by atoms with E-state index in [4.69, 9.17) is 0 Å². The molecule has 6 heteroatoms. The van der Waals surface area contributed by atoms with Crippen LogP contribution in [-0.2, 0) is 6.54 Å². The van der Waals surface area contributed by atoms with E-state index in [1.807, 2.05) is 25.1 Å². The molecule has 0 aliphatic carbocycles. The van der Waals surface area contributed by atoms with Gasteiger partial charge < -0.3 is 5.32 Å². The van der Waals surface area contributed by atoms with Crippen LogP contribution in [0.5, 0.6) is 0 Å². The average molecular weight is 339 g/mol. The summed E-state index contributed by atoms with van der Waals surface area (Å²) in [6.07, 6.45) is 0. The van der Waals surface area contributed by atoms with Crippen molar-refractivity contribution >= 4 is 27.3 Å². The number of anilines is 1. The van der Waals surface area contributed by atoms with Crippen molar-refractivity contribution in [3.63, 3.8) is 0 Å². The summed E-state index contributed by atoms with van der Waals surface area (Å²) in [6, 6.07) is 9.54. The molecular formula is C14H12BrFN2O2. The largest absolute Gasteiger partial charge is 0.373 e. The first-order valence-corrected chi connectivity index (χ1v) is 6.70. The normalized spacial score (nSPS) is 10.3. The van der Waals surface area contributed by atoms with Crippen LogP contribution >= 0.6 is 15.9 Å². The topological polar surface area (TPSA) is 55.2 Å². The van der Waals surface area contributed by atoms with E-state index in [9.17, 15) is 14.5 Å². The number of para-hydroxylation sites is 1. The van der Waals surface area contributed by atoms with Crippen LogP contribution in [-0.4, -0.2) is 4.92 Å². The van der Waals surface area contributed by atoms with Crippen molar-refractivity contribution in [2.45, 2.75) is 13.5 Å². The van der Waals surface area contributed by atoms with Crippen molar-refractivity contribution in [2.24, 2.45) is 0 Å². The predicted octanol–water partition coefficient (Wildman–Crippen LogP) is 4.42. The molecule has 0 radical (unpaired) electrons. The van der Waals surface area contributed by atoms with Gasteiger partial charge in [-0.3, -0.25) is 10.1 Å². The second-order valence-electron chi connectivity index (χ2n) is 4.34. The van der Waals surface area contributed by atoms with Crippen LogP contribution in [0, 0.1) is 22.9 Å². The molecule has 0 atom stereocenters.